The van der Waals surface area contributed by atoms with Crippen molar-refractivity contribution in [1.29, 1.82) is 0 Å². The summed E-state index contributed by atoms with van der Waals surface area (Å²) in [4.78, 5) is 0. The van der Waals surface area contributed by atoms with Crippen molar-refractivity contribution in [2.24, 2.45) is 0 Å². The van der Waals surface area contributed by atoms with Crippen molar-refractivity contribution >= 4 is 32.3 Å². The molecule has 1 fully saturated rings. The van der Waals surface area contributed by atoms with Crippen LogP contribution in [0.2, 0.25) is 0 Å². The first-order valence-electron chi connectivity index (χ1n) is 25.4. The molecule has 0 aromatic heterocycles. The zero-order valence-corrected chi connectivity index (χ0v) is 40.6. The van der Waals surface area contributed by atoms with Gasteiger partial charge in [0.2, 0.25) is 0 Å². The minimum absolute atomic E-state index is 0.255. The molecule has 3 aliphatic rings. The average molecular weight is 899 g/mol. The highest BCUT2D eigenvalue weighted by molar-refractivity contribution is 6.25. The second-order valence-electron chi connectivity index (χ2n) is 20.0. The third-order valence-corrected chi connectivity index (χ3v) is 15.9. The molecular formula is C70H58. The van der Waals surface area contributed by atoms with Gasteiger partial charge in [0.15, 0.2) is 0 Å². The summed E-state index contributed by atoms with van der Waals surface area (Å²) in [5.41, 5.74) is 20.8. The van der Waals surface area contributed by atoms with Crippen molar-refractivity contribution in [1.82, 2.24) is 0 Å². The van der Waals surface area contributed by atoms with Crippen LogP contribution in [0.5, 0.6) is 0 Å². The van der Waals surface area contributed by atoms with E-state index in [0.717, 1.165) is 0 Å². The first-order valence-corrected chi connectivity index (χ1v) is 25.4. The summed E-state index contributed by atoms with van der Waals surface area (Å²) in [6.45, 7) is 6.49. The number of benzene rings is 11. The van der Waals surface area contributed by atoms with E-state index in [4.69, 9.17) is 0 Å². The van der Waals surface area contributed by atoms with Gasteiger partial charge in [-0.25, -0.2) is 0 Å². The van der Waals surface area contributed by atoms with E-state index in [2.05, 4.69) is 257 Å². The lowest BCUT2D eigenvalue weighted by atomic mass is 9.67. The normalized spacial score (nSPS) is 14.4. The summed E-state index contributed by atoms with van der Waals surface area (Å²) in [6.07, 6.45) is 6.69. The molecule has 0 aliphatic heterocycles. The van der Waals surface area contributed by atoms with Gasteiger partial charge in [-0.2, -0.15) is 0 Å². The Hall–Kier alpha value is -7.80. The number of hydrogen-bond donors (Lipinski definition) is 0. The summed E-state index contributed by atoms with van der Waals surface area (Å²) >= 11 is 0. The van der Waals surface area contributed by atoms with Crippen molar-refractivity contribution in [2.75, 3.05) is 0 Å². The Morgan fingerprint density at radius 2 is 0.700 bits per heavy atom. The van der Waals surface area contributed by atoms with Crippen LogP contribution in [-0.2, 0) is 10.8 Å². The third-order valence-electron chi connectivity index (χ3n) is 15.9. The predicted molar refractivity (Wildman–Crippen MR) is 298 cm³/mol. The van der Waals surface area contributed by atoms with Gasteiger partial charge in [-0.3, -0.25) is 0 Å². The largest absolute Gasteiger partial charge is 0.0713 e. The van der Waals surface area contributed by atoms with E-state index in [-0.39, 0.29) is 10.8 Å². The second-order valence-corrected chi connectivity index (χ2v) is 20.0. The first kappa shape index (κ1) is 43.5. The summed E-state index contributed by atoms with van der Waals surface area (Å²) < 4.78 is 0. The molecule has 1 saturated carbocycles. The Morgan fingerprint density at radius 3 is 1.33 bits per heavy atom. The van der Waals surface area contributed by atoms with E-state index in [1.807, 2.05) is 0 Å². The van der Waals surface area contributed by atoms with Crippen LogP contribution in [0.15, 0.2) is 237 Å². The van der Waals surface area contributed by atoms with Crippen LogP contribution < -0.4 is 0 Å². The highest BCUT2D eigenvalue weighted by Gasteiger charge is 2.46. The van der Waals surface area contributed by atoms with Gasteiger partial charge in [0.25, 0.3) is 0 Å². The number of hydrogen-bond acceptors (Lipinski definition) is 0. The van der Waals surface area contributed by atoms with Crippen LogP contribution >= 0.6 is 0 Å². The Bertz CT molecular complexity index is 3630. The van der Waals surface area contributed by atoms with E-state index in [1.165, 1.54) is 137 Å². The zero-order valence-electron chi connectivity index (χ0n) is 40.6. The molecule has 1 spiro atoms. The van der Waals surface area contributed by atoms with E-state index in [0.29, 0.717) is 0 Å². The molecule has 0 unspecified atom stereocenters. The van der Waals surface area contributed by atoms with Crippen molar-refractivity contribution in [2.45, 2.75) is 63.7 Å². The van der Waals surface area contributed by atoms with Crippen LogP contribution in [0.1, 0.15) is 82.2 Å². The monoisotopic (exact) mass is 898 g/mol. The molecule has 3 aliphatic carbocycles. The van der Waals surface area contributed by atoms with E-state index in [9.17, 15) is 0 Å². The summed E-state index contributed by atoms with van der Waals surface area (Å²) in [5.74, 6) is 0. The Balaban J connectivity index is 0.000000110. The fourth-order valence-corrected chi connectivity index (χ4v) is 12.7. The summed E-state index contributed by atoms with van der Waals surface area (Å²) in [5, 5.41) is 8.08. The SMILES string of the molecule is Cc1ccc(-c2ccc3c(c2)C2(CCCCC2)c2ccccc2-3)cc1.Cc1ccc2c(c1)C(c1ccccc1)(c1ccccc1)c1ccccc1-2.Cc1ccc2c3ccccc3c3ccccc3c2c1. The predicted octanol–water partition coefficient (Wildman–Crippen LogP) is 18.7. The molecule has 70 heavy (non-hydrogen) atoms. The maximum Gasteiger partial charge on any atom is 0.0713 e. The molecule has 0 nitrogen and oxygen atoms in total. The lowest BCUT2D eigenvalue weighted by Gasteiger charge is -2.36. The van der Waals surface area contributed by atoms with Crippen LogP contribution in [0, 0.1) is 20.8 Å². The Kier molecular flexibility index (Phi) is 11.1. The highest BCUT2D eigenvalue weighted by Crippen LogP contribution is 2.57. The fourth-order valence-electron chi connectivity index (χ4n) is 12.7. The lowest BCUT2D eigenvalue weighted by molar-refractivity contribution is 0.353. The first-order chi connectivity index (χ1) is 34.4. The molecule has 11 aromatic rings. The van der Waals surface area contributed by atoms with Gasteiger partial charge in [-0.05, 0) is 139 Å². The Labute approximate surface area is 414 Å². The van der Waals surface area contributed by atoms with Crippen LogP contribution in [0.4, 0.5) is 0 Å². The molecule has 0 bridgehead atoms. The molecule has 0 heterocycles. The second kappa shape index (κ2) is 17.9. The molecule has 0 amide bonds. The number of aryl methyl sites for hydroxylation is 3. The topological polar surface area (TPSA) is 0 Å². The van der Waals surface area contributed by atoms with Gasteiger partial charge < -0.3 is 0 Å². The third kappa shape index (κ3) is 7.20. The van der Waals surface area contributed by atoms with E-state index >= 15 is 0 Å². The van der Waals surface area contributed by atoms with Gasteiger partial charge in [-0.1, -0.05) is 266 Å². The molecule has 14 rings (SSSR count). The van der Waals surface area contributed by atoms with Crippen LogP contribution in [-0.4, -0.2) is 0 Å². The molecular weight excluding hydrogens is 841 g/mol. The molecule has 0 saturated heterocycles. The maximum atomic E-state index is 2.49. The van der Waals surface area contributed by atoms with Gasteiger partial charge >= 0.3 is 0 Å². The molecule has 11 aromatic carbocycles. The minimum atomic E-state index is -0.263. The summed E-state index contributed by atoms with van der Waals surface area (Å²) in [6, 6.07) is 87.0. The Morgan fingerprint density at radius 1 is 0.271 bits per heavy atom. The molecule has 0 N–H and O–H groups in total. The van der Waals surface area contributed by atoms with Crippen molar-refractivity contribution in [3.63, 3.8) is 0 Å². The van der Waals surface area contributed by atoms with Gasteiger partial charge in [0.05, 0.1) is 5.41 Å². The summed E-state index contributed by atoms with van der Waals surface area (Å²) in [7, 11) is 0. The van der Waals surface area contributed by atoms with Gasteiger partial charge in [0.1, 0.15) is 0 Å². The molecule has 0 heteroatoms. The van der Waals surface area contributed by atoms with Crippen LogP contribution in [0.3, 0.4) is 0 Å². The quantitative estimate of drug-likeness (QED) is 0.155. The molecule has 0 radical (unpaired) electrons. The van der Waals surface area contributed by atoms with Crippen molar-refractivity contribution in [3.05, 3.63) is 287 Å². The number of rotatable bonds is 3. The smallest absolute Gasteiger partial charge is 0.0622 e. The van der Waals surface area contributed by atoms with Crippen molar-refractivity contribution < 1.29 is 0 Å². The molecule has 338 valence electrons. The van der Waals surface area contributed by atoms with Gasteiger partial charge in [-0.15, -0.1) is 0 Å². The van der Waals surface area contributed by atoms with E-state index in [1.54, 1.807) is 11.1 Å². The number of fused-ring (bicyclic) bond motifs is 14. The van der Waals surface area contributed by atoms with Gasteiger partial charge in [0, 0.05) is 5.41 Å². The minimum Gasteiger partial charge on any atom is -0.0622 e. The van der Waals surface area contributed by atoms with Crippen molar-refractivity contribution in [3.8, 4) is 33.4 Å². The molecule has 0 atom stereocenters. The standard InChI is InChI=1S/C26H20.C25H24.C19H14/c1-19-16-17-23-22-14-8-9-15-24(22)26(25(23)18-19,20-10-4-2-5-11-20)21-12-6-3-7-13-21;1-18-9-11-19(12-10-18)20-13-14-22-21-7-3-4-8-23(21)25(24(22)17-20)15-5-2-6-16-25;1-13-10-11-18-16-8-3-2-6-14(16)15-7-4-5-9-17(15)19(18)12-13/h2-18H,1H3;3-4,7-14,17H,2,5-6,15-16H2,1H3;2-12H,1H3. The zero-order chi connectivity index (χ0) is 47.2. The average Bonchev–Trinajstić information content (AvgIpc) is 3.86. The van der Waals surface area contributed by atoms with E-state index < -0.39 is 0 Å². The highest BCUT2D eigenvalue weighted by atomic mass is 14.5. The lowest BCUT2D eigenvalue weighted by Crippen LogP contribution is -2.28. The fraction of sp³-hybridized carbons (Fsp3) is 0.143. The maximum absolute atomic E-state index is 2.49. The van der Waals surface area contributed by atoms with Crippen LogP contribution in [0.25, 0.3) is 65.7 Å².